The van der Waals surface area contributed by atoms with Gasteiger partial charge in [-0.25, -0.2) is 4.39 Å². The van der Waals surface area contributed by atoms with Crippen LogP contribution in [0.25, 0.3) is 11.1 Å². The summed E-state index contributed by atoms with van der Waals surface area (Å²) in [6, 6.07) is 2.28. The molecule has 0 unspecified atom stereocenters. The van der Waals surface area contributed by atoms with Gasteiger partial charge < -0.3 is 0 Å². The summed E-state index contributed by atoms with van der Waals surface area (Å²) in [7, 11) is -11.2. The van der Waals surface area contributed by atoms with Gasteiger partial charge in [0.15, 0.2) is 5.82 Å². The maximum atomic E-state index is 15.1. The highest BCUT2D eigenvalue weighted by Crippen LogP contribution is 3.01. The zero-order valence-electron chi connectivity index (χ0n) is 17.9. The lowest BCUT2D eigenvalue weighted by atomic mass is 9.92. The summed E-state index contributed by atoms with van der Waals surface area (Å²) in [5.41, 5.74) is -13.8. The van der Waals surface area contributed by atoms with Crippen LogP contribution in [0.15, 0.2) is 23.1 Å². The summed E-state index contributed by atoms with van der Waals surface area (Å²) in [5, 5.41) is 41.0. The van der Waals surface area contributed by atoms with Crippen molar-refractivity contribution in [3.8, 4) is 30.3 Å². The molecule has 0 saturated heterocycles. The Kier molecular flexibility index (Phi) is 6.69. The smallest absolute Gasteiger partial charge is 0.205 e. The molecule has 0 N–H and O–H groups in total. The van der Waals surface area contributed by atoms with Gasteiger partial charge in [0.2, 0.25) is 0 Å². The van der Waals surface area contributed by atoms with Crippen LogP contribution in [0.2, 0.25) is 0 Å². The highest BCUT2D eigenvalue weighted by atomic mass is 32.5. The number of benzene rings is 2. The summed E-state index contributed by atoms with van der Waals surface area (Å²) in [5.74, 6) is -2.63. The molecule has 0 saturated carbocycles. The van der Waals surface area contributed by atoms with E-state index in [4.69, 9.17) is 15.8 Å². The molecule has 0 radical (unpaired) electrons. The lowest BCUT2D eigenvalue weighted by molar-refractivity contribution is -0.143. The van der Waals surface area contributed by atoms with Crippen LogP contribution in [0, 0.1) is 62.5 Å². The van der Waals surface area contributed by atoms with Crippen LogP contribution >= 0.6 is 10.2 Å². The number of hydrogen-bond donors (Lipinski definition) is 0. The molecule has 0 heterocycles. The van der Waals surface area contributed by atoms with Crippen molar-refractivity contribution in [2.75, 3.05) is 0 Å². The van der Waals surface area contributed by atoms with Gasteiger partial charge in [0.25, 0.3) is 0 Å². The molecule has 5 nitrogen and oxygen atoms in total. The Morgan fingerprint density at radius 2 is 1.10 bits per heavy atom. The monoisotopic (exact) mass is 585 g/mol. The highest BCUT2D eigenvalue weighted by Gasteiger charge is 2.66. The van der Waals surface area contributed by atoms with E-state index in [0.717, 1.165) is 12.1 Å². The molecule has 0 atom stereocenters. The molecule has 18 heteroatoms. The maximum absolute atomic E-state index is 15.1. The molecular weight excluding hydrogens is 582 g/mol. The van der Waals surface area contributed by atoms with Crippen molar-refractivity contribution in [3.63, 3.8) is 0 Å². The van der Waals surface area contributed by atoms with Crippen LogP contribution in [0.5, 0.6) is 0 Å². The van der Waals surface area contributed by atoms with Crippen LogP contribution in [0.3, 0.4) is 0 Å². The number of rotatable bonds is 2. The molecule has 0 bridgehead atoms. The van der Waals surface area contributed by atoms with Crippen molar-refractivity contribution in [1.29, 1.82) is 26.3 Å². The zero-order valence-corrected chi connectivity index (χ0v) is 18.7. The van der Waals surface area contributed by atoms with E-state index in [1.807, 2.05) is 0 Å². The van der Waals surface area contributed by atoms with Crippen molar-refractivity contribution < 1.29 is 50.2 Å². The minimum atomic E-state index is -11.2. The van der Waals surface area contributed by atoms with Crippen LogP contribution in [0.4, 0.5) is 50.2 Å². The molecular formula is C21H3F12N5S. The molecule has 2 aromatic carbocycles. The number of halogens is 12. The number of hydrogen-bond acceptors (Lipinski definition) is 5. The average molecular weight is 585 g/mol. The standard InChI is InChI=1S/C21H3F12N5S/c22-19-13(7-37)11(3-17(39(29,30,31,32)33)18(19)10(4-34)5-35)12(6-36)9-1-15(20(23,24)25)14(8-38)16(2-9)21(26,27)28/h1-3H/b12-11+. The second-order valence-corrected chi connectivity index (χ2v) is 9.58. The molecule has 39 heavy (non-hydrogen) atoms. The predicted octanol–water partition coefficient (Wildman–Crippen LogP) is 6.18. The molecule has 0 aliphatic rings. The Bertz CT molecular complexity index is 1720. The molecule has 0 aliphatic carbocycles. The Labute approximate surface area is 208 Å². The van der Waals surface area contributed by atoms with Gasteiger partial charge in [-0.15, -0.1) is 0 Å². The van der Waals surface area contributed by atoms with Crippen molar-refractivity contribution >= 4 is 21.4 Å². The third kappa shape index (κ3) is 5.69. The molecule has 0 spiro atoms. The van der Waals surface area contributed by atoms with E-state index in [2.05, 4.69) is 0 Å². The van der Waals surface area contributed by atoms with Gasteiger partial charge in [0.1, 0.15) is 40.8 Å². The van der Waals surface area contributed by atoms with Gasteiger partial charge in [0.05, 0.1) is 33.0 Å². The molecule has 0 aliphatic heterocycles. The van der Waals surface area contributed by atoms with Gasteiger partial charge in [-0.2, -0.15) is 52.7 Å². The fourth-order valence-corrected chi connectivity index (χ4v) is 4.16. The Hall–Kier alpha value is -4.86. The first-order chi connectivity index (χ1) is 17.5. The second-order valence-electron chi connectivity index (χ2n) is 7.21. The minimum Gasteiger partial charge on any atom is -0.205 e. The lowest BCUT2D eigenvalue weighted by Gasteiger charge is -2.41. The Morgan fingerprint density at radius 3 is 1.41 bits per heavy atom. The topological polar surface area (TPSA) is 119 Å². The maximum Gasteiger partial charge on any atom is 0.417 e. The van der Waals surface area contributed by atoms with E-state index < -0.39 is 88.8 Å². The summed E-state index contributed by atoms with van der Waals surface area (Å²) >= 11 is 0. The van der Waals surface area contributed by atoms with E-state index in [9.17, 15) is 56.3 Å². The minimum absolute atomic E-state index is 0.319. The quantitative estimate of drug-likeness (QED) is 0.390. The van der Waals surface area contributed by atoms with E-state index in [0.29, 0.717) is 18.2 Å². The molecule has 202 valence electrons. The van der Waals surface area contributed by atoms with E-state index in [1.165, 1.54) is 0 Å². The SMILES string of the molecule is N#CC(C#N)=c1c(S(F)(F)(F)(F)F)c/c(=C(/C#N)c2cc(C(F)(F)F)c(C#N)c(C(F)(F)F)c2)c(C#N)c1F. The van der Waals surface area contributed by atoms with Gasteiger partial charge in [0, 0.05) is 5.22 Å². The molecule has 0 aromatic heterocycles. The van der Waals surface area contributed by atoms with Crippen molar-refractivity contribution in [1.82, 2.24) is 0 Å². The fraction of sp³-hybridized carbons (Fsp3) is 0.0952. The molecule has 0 amide bonds. The number of nitriles is 5. The number of nitrogens with zero attached hydrogens (tertiary/aromatic N) is 5. The predicted molar refractivity (Wildman–Crippen MR) is 106 cm³/mol. The summed E-state index contributed by atoms with van der Waals surface area (Å²) in [4.78, 5) is -3.35. The van der Waals surface area contributed by atoms with Crippen LogP contribution < -0.4 is 10.4 Å². The largest absolute Gasteiger partial charge is 0.417 e. The van der Waals surface area contributed by atoms with E-state index in [1.54, 1.807) is 0 Å². The zero-order chi connectivity index (χ0) is 30.4. The first kappa shape index (κ1) is 30.4. The Morgan fingerprint density at radius 1 is 0.667 bits per heavy atom. The summed E-state index contributed by atoms with van der Waals surface area (Å²) in [6.07, 6.45) is -11.5. The molecule has 2 aromatic rings. The molecule has 0 fully saturated rings. The average Bonchev–Trinajstić information content (AvgIpc) is 2.78. The van der Waals surface area contributed by atoms with Crippen LogP contribution in [-0.4, -0.2) is 0 Å². The van der Waals surface area contributed by atoms with E-state index in [-0.39, 0.29) is 12.1 Å². The van der Waals surface area contributed by atoms with Gasteiger partial charge in [-0.3, -0.25) is 0 Å². The van der Waals surface area contributed by atoms with E-state index >= 15 is 4.39 Å². The lowest BCUT2D eigenvalue weighted by Crippen LogP contribution is -2.30. The van der Waals surface area contributed by atoms with Crippen LogP contribution in [-0.2, 0) is 12.4 Å². The normalized spacial score (nSPS) is 14.3. The second kappa shape index (κ2) is 8.59. The van der Waals surface area contributed by atoms with Crippen molar-refractivity contribution in [2.24, 2.45) is 0 Å². The third-order valence-corrected chi connectivity index (χ3v) is 5.92. The first-order valence-electron chi connectivity index (χ1n) is 9.15. The summed E-state index contributed by atoms with van der Waals surface area (Å²) < 4.78 is 165. The highest BCUT2D eigenvalue weighted by molar-refractivity contribution is 8.45. The van der Waals surface area contributed by atoms with Crippen molar-refractivity contribution in [3.05, 3.63) is 62.3 Å². The molecule has 2 rings (SSSR count). The number of alkyl halides is 6. The van der Waals surface area contributed by atoms with Crippen molar-refractivity contribution in [2.45, 2.75) is 17.2 Å². The first-order valence-corrected chi connectivity index (χ1v) is 11.1. The summed E-state index contributed by atoms with van der Waals surface area (Å²) in [6.45, 7) is 0. The van der Waals surface area contributed by atoms with Gasteiger partial charge >= 0.3 is 22.6 Å². The fourth-order valence-electron chi connectivity index (χ4n) is 3.24. The van der Waals surface area contributed by atoms with Gasteiger partial charge in [-0.05, 0) is 23.8 Å². The third-order valence-electron chi connectivity index (χ3n) is 4.76. The Balaban J connectivity index is 3.51. The van der Waals surface area contributed by atoms with Crippen LogP contribution in [0.1, 0.15) is 27.8 Å². The van der Waals surface area contributed by atoms with Gasteiger partial charge in [-0.1, -0.05) is 19.4 Å².